The Hall–Kier alpha value is -1.25. The van der Waals surface area contributed by atoms with Gasteiger partial charge in [0, 0.05) is 0 Å². The smallest absolute Gasteiger partial charge is 0.166 e. The first-order valence-electron chi connectivity index (χ1n) is 5.23. The molecule has 88 valence electrons. The first kappa shape index (κ1) is 12.8. The highest BCUT2D eigenvalue weighted by molar-refractivity contribution is 5.29. The number of aryl methyl sites for hydroxylation is 1. The van der Waals surface area contributed by atoms with Crippen LogP contribution in [0.25, 0.3) is 0 Å². The van der Waals surface area contributed by atoms with Crippen molar-refractivity contribution in [2.45, 2.75) is 25.9 Å². The van der Waals surface area contributed by atoms with Gasteiger partial charge >= 0.3 is 6.18 Å². The van der Waals surface area contributed by atoms with Gasteiger partial charge in [0.25, 0.3) is 0 Å². The van der Waals surface area contributed by atoms with E-state index in [4.69, 9.17) is 0 Å². The van der Waals surface area contributed by atoms with Crippen molar-refractivity contribution in [1.29, 1.82) is 0 Å². The van der Waals surface area contributed by atoms with Crippen LogP contribution in [0.5, 0.6) is 0 Å². The van der Waals surface area contributed by atoms with Crippen LogP contribution >= 0.6 is 0 Å². The third-order valence-corrected chi connectivity index (χ3v) is 2.59. The lowest BCUT2D eigenvalue weighted by molar-refractivity contribution is -0.138. The fourth-order valence-corrected chi connectivity index (χ4v) is 1.52. The summed E-state index contributed by atoms with van der Waals surface area (Å²) in [6.45, 7) is 5.57. The van der Waals surface area contributed by atoms with Gasteiger partial charge in [-0.3, -0.25) is 0 Å². The molecule has 0 aliphatic heterocycles. The van der Waals surface area contributed by atoms with Crippen molar-refractivity contribution in [2.75, 3.05) is 0 Å². The van der Waals surface area contributed by atoms with Gasteiger partial charge in [-0.25, -0.2) is 0 Å². The highest BCUT2D eigenvalue weighted by Gasteiger charge is 2.32. The van der Waals surface area contributed by atoms with E-state index in [9.17, 15) is 13.2 Å². The highest BCUT2D eigenvalue weighted by atomic mass is 19.4. The van der Waals surface area contributed by atoms with Crippen LogP contribution in [0.2, 0.25) is 0 Å². The van der Waals surface area contributed by atoms with Gasteiger partial charge in [0.15, 0.2) is 0 Å². The van der Waals surface area contributed by atoms with Crippen molar-refractivity contribution in [3.05, 3.63) is 48.0 Å². The van der Waals surface area contributed by atoms with E-state index in [1.165, 1.54) is 6.07 Å². The maximum absolute atomic E-state index is 12.6. The molecule has 3 heteroatoms. The van der Waals surface area contributed by atoms with Crippen molar-refractivity contribution in [2.24, 2.45) is 5.92 Å². The Balaban J connectivity index is 2.83. The fourth-order valence-electron chi connectivity index (χ4n) is 1.52. The Morgan fingerprint density at radius 3 is 2.50 bits per heavy atom. The summed E-state index contributed by atoms with van der Waals surface area (Å²) in [5, 5.41) is 0. The van der Waals surface area contributed by atoms with Crippen LogP contribution in [0.15, 0.2) is 36.9 Å². The van der Waals surface area contributed by atoms with E-state index in [2.05, 4.69) is 6.58 Å². The monoisotopic (exact) mass is 228 g/mol. The first-order valence-corrected chi connectivity index (χ1v) is 5.23. The Morgan fingerprint density at radius 1 is 1.31 bits per heavy atom. The molecular formula is C13H15F3. The molecule has 0 amide bonds. The predicted octanol–water partition coefficient (Wildman–Crippen LogP) is 4.46. The molecule has 0 bridgehead atoms. The topological polar surface area (TPSA) is 0 Å². The summed E-state index contributed by atoms with van der Waals surface area (Å²) in [4.78, 5) is 0. The Morgan fingerprint density at radius 2 is 1.94 bits per heavy atom. The third-order valence-electron chi connectivity index (χ3n) is 2.59. The quantitative estimate of drug-likeness (QED) is 0.667. The van der Waals surface area contributed by atoms with Gasteiger partial charge in [0.1, 0.15) is 0 Å². The van der Waals surface area contributed by atoms with E-state index < -0.39 is 11.7 Å². The second kappa shape index (κ2) is 5.19. The summed E-state index contributed by atoms with van der Waals surface area (Å²) in [5.41, 5.74) is -0.157. The summed E-state index contributed by atoms with van der Waals surface area (Å²) >= 11 is 0. The molecule has 0 heterocycles. The number of hydrogen-bond acceptors (Lipinski definition) is 0. The third kappa shape index (κ3) is 3.40. The van der Waals surface area contributed by atoms with E-state index in [0.717, 1.165) is 6.07 Å². The minimum atomic E-state index is -4.26. The molecule has 0 nitrogen and oxygen atoms in total. The second-order valence-corrected chi connectivity index (χ2v) is 3.91. The van der Waals surface area contributed by atoms with Gasteiger partial charge in [-0.15, -0.1) is 6.58 Å². The standard InChI is InChI=1S/C13H15F3/c1-3-10(2)8-9-11-6-4-5-7-12(11)13(14,15)16/h3-7,10H,1,8-9H2,2H3. The number of rotatable bonds is 4. The first-order chi connectivity index (χ1) is 7.45. The molecule has 1 rings (SSSR count). The number of alkyl halides is 3. The Kier molecular flexibility index (Phi) is 4.16. The van der Waals surface area contributed by atoms with Gasteiger partial charge in [0.2, 0.25) is 0 Å². The lowest BCUT2D eigenvalue weighted by atomic mass is 9.97. The zero-order valence-corrected chi connectivity index (χ0v) is 9.22. The lowest BCUT2D eigenvalue weighted by Gasteiger charge is -2.13. The number of hydrogen-bond donors (Lipinski definition) is 0. The van der Waals surface area contributed by atoms with E-state index in [1.807, 2.05) is 6.92 Å². The summed E-state index contributed by atoms with van der Waals surface area (Å²) < 4.78 is 37.9. The van der Waals surface area contributed by atoms with Crippen molar-refractivity contribution < 1.29 is 13.2 Å². The maximum atomic E-state index is 12.6. The molecule has 1 aromatic carbocycles. The zero-order valence-electron chi connectivity index (χ0n) is 9.22. The Labute approximate surface area is 93.8 Å². The molecule has 16 heavy (non-hydrogen) atoms. The molecule has 1 unspecified atom stereocenters. The number of allylic oxidation sites excluding steroid dienone is 1. The molecule has 0 N–H and O–H groups in total. The van der Waals surface area contributed by atoms with Crippen LogP contribution in [0, 0.1) is 5.92 Å². The minimum absolute atomic E-state index is 0.237. The molecule has 0 spiro atoms. The van der Waals surface area contributed by atoms with Gasteiger partial charge in [0.05, 0.1) is 5.56 Å². The summed E-state index contributed by atoms with van der Waals surface area (Å²) in [6.07, 6.45) is -1.37. The molecule has 0 radical (unpaired) electrons. The van der Waals surface area contributed by atoms with Crippen molar-refractivity contribution in [3.8, 4) is 0 Å². The van der Waals surface area contributed by atoms with Gasteiger partial charge in [-0.2, -0.15) is 13.2 Å². The molecular weight excluding hydrogens is 213 g/mol. The van der Waals surface area contributed by atoms with Gasteiger partial charge in [-0.05, 0) is 30.4 Å². The summed E-state index contributed by atoms with van der Waals surface area (Å²) in [5.74, 6) is 0.237. The van der Waals surface area contributed by atoms with E-state index in [0.29, 0.717) is 18.4 Å². The van der Waals surface area contributed by atoms with Crippen molar-refractivity contribution in [1.82, 2.24) is 0 Å². The van der Waals surface area contributed by atoms with Gasteiger partial charge < -0.3 is 0 Å². The molecule has 0 aliphatic rings. The molecule has 0 aromatic heterocycles. The summed E-state index contributed by atoms with van der Waals surface area (Å²) in [7, 11) is 0. The minimum Gasteiger partial charge on any atom is -0.166 e. The van der Waals surface area contributed by atoms with E-state index in [1.54, 1.807) is 18.2 Å². The SMILES string of the molecule is C=CC(C)CCc1ccccc1C(F)(F)F. The highest BCUT2D eigenvalue weighted by Crippen LogP contribution is 2.32. The normalized spacial score (nSPS) is 13.5. The molecule has 0 saturated heterocycles. The van der Waals surface area contributed by atoms with Crippen LogP contribution in [0.4, 0.5) is 13.2 Å². The van der Waals surface area contributed by atoms with Crippen molar-refractivity contribution in [3.63, 3.8) is 0 Å². The molecule has 1 atom stereocenters. The average Bonchev–Trinajstić information content (AvgIpc) is 2.25. The van der Waals surface area contributed by atoms with Gasteiger partial charge in [-0.1, -0.05) is 31.2 Å². The molecule has 0 saturated carbocycles. The molecule has 0 fully saturated rings. The fraction of sp³-hybridized carbons (Fsp3) is 0.385. The van der Waals surface area contributed by atoms with Crippen LogP contribution in [0.1, 0.15) is 24.5 Å². The largest absolute Gasteiger partial charge is 0.416 e. The number of benzene rings is 1. The van der Waals surface area contributed by atoms with Crippen LogP contribution in [-0.4, -0.2) is 0 Å². The van der Waals surface area contributed by atoms with E-state index >= 15 is 0 Å². The maximum Gasteiger partial charge on any atom is 0.416 e. The molecule has 0 aliphatic carbocycles. The second-order valence-electron chi connectivity index (χ2n) is 3.91. The zero-order chi connectivity index (χ0) is 12.2. The molecule has 1 aromatic rings. The van der Waals surface area contributed by atoms with E-state index in [-0.39, 0.29) is 5.92 Å². The average molecular weight is 228 g/mol. The lowest BCUT2D eigenvalue weighted by Crippen LogP contribution is -2.09. The number of halogens is 3. The predicted molar refractivity (Wildman–Crippen MR) is 59.1 cm³/mol. The van der Waals surface area contributed by atoms with Crippen LogP contribution in [0.3, 0.4) is 0 Å². The van der Waals surface area contributed by atoms with Crippen molar-refractivity contribution >= 4 is 0 Å². The Bertz CT molecular complexity index is 352. The summed E-state index contributed by atoms with van der Waals surface area (Å²) in [6, 6.07) is 5.74. The van der Waals surface area contributed by atoms with Crippen LogP contribution < -0.4 is 0 Å². The van der Waals surface area contributed by atoms with Crippen LogP contribution in [-0.2, 0) is 12.6 Å².